The van der Waals surface area contributed by atoms with Gasteiger partial charge in [-0.05, 0) is 43.5 Å². The summed E-state index contributed by atoms with van der Waals surface area (Å²) < 4.78 is 0. The van der Waals surface area contributed by atoms with Crippen LogP contribution in [0.2, 0.25) is 0 Å². The Bertz CT molecular complexity index is 318. The van der Waals surface area contributed by atoms with Gasteiger partial charge in [0.1, 0.15) is 0 Å². The lowest BCUT2D eigenvalue weighted by molar-refractivity contribution is 0.556. The minimum Gasteiger partial charge on any atom is -0.399 e. The SMILES string of the molecule is CCC1CCCCCN1c1ccc(N)cc1. The molecule has 1 aromatic rings. The molecular weight excluding hydrogens is 196 g/mol. The Hall–Kier alpha value is -1.18. The largest absolute Gasteiger partial charge is 0.399 e. The van der Waals surface area contributed by atoms with Crippen LogP contribution in [-0.4, -0.2) is 12.6 Å². The number of nitrogens with zero attached hydrogens (tertiary/aromatic N) is 1. The highest BCUT2D eigenvalue weighted by Crippen LogP contribution is 2.26. The van der Waals surface area contributed by atoms with E-state index >= 15 is 0 Å². The highest BCUT2D eigenvalue weighted by molar-refractivity contribution is 5.53. The van der Waals surface area contributed by atoms with E-state index in [0.29, 0.717) is 6.04 Å². The van der Waals surface area contributed by atoms with Crippen molar-refractivity contribution in [3.8, 4) is 0 Å². The molecule has 1 aromatic carbocycles. The van der Waals surface area contributed by atoms with E-state index < -0.39 is 0 Å². The van der Waals surface area contributed by atoms with E-state index in [9.17, 15) is 0 Å². The van der Waals surface area contributed by atoms with Crippen LogP contribution in [0.4, 0.5) is 11.4 Å². The third kappa shape index (κ3) is 2.49. The summed E-state index contributed by atoms with van der Waals surface area (Å²) in [4.78, 5) is 2.56. The molecule has 1 atom stereocenters. The molecule has 1 saturated heterocycles. The number of benzene rings is 1. The van der Waals surface area contributed by atoms with Gasteiger partial charge in [0.25, 0.3) is 0 Å². The molecule has 0 bridgehead atoms. The number of rotatable bonds is 2. The van der Waals surface area contributed by atoms with Crippen LogP contribution in [0.25, 0.3) is 0 Å². The summed E-state index contributed by atoms with van der Waals surface area (Å²) in [5.74, 6) is 0. The molecule has 0 spiro atoms. The van der Waals surface area contributed by atoms with Crippen molar-refractivity contribution in [3.63, 3.8) is 0 Å². The van der Waals surface area contributed by atoms with Crippen LogP contribution < -0.4 is 10.6 Å². The topological polar surface area (TPSA) is 29.3 Å². The predicted octanol–water partition coefficient (Wildman–Crippen LogP) is 3.43. The molecule has 1 fully saturated rings. The molecule has 2 nitrogen and oxygen atoms in total. The molecule has 2 heteroatoms. The zero-order chi connectivity index (χ0) is 11.4. The third-order valence-corrected chi connectivity index (χ3v) is 3.57. The number of hydrogen-bond donors (Lipinski definition) is 1. The van der Waals surface area contributed by atoms with Crippen LogP contribution >= 0.6 is 0 Å². The smallest absolute Gasteiger partial charge is 0.0370 e. The van der Waals surface area contributed by atoms with Crippen molar-refractivity contribution in [1.82, 2.24) is 0 Å². The van der Waals surface area contributed by atoms with Crippen molar-refractivity contribution in [3.05, 3.63) is 24.3 Å². The van der Waals surface area contributed by atoms with Crippen molar-refractivity contribution in [2.24, 2.45) is 0 Å². The molecular formula is C14H22N2. The van der Waals surface area contributed by atoms with Gasteiger partial charge in [-0.2, -0.15) is 0 Å². The summed E-state index contributed by atoms with van der Waals surface area (Å²) in [6.45, 7) is 3.49. The Morgan fingerprint density at radius 3 is 2.62 bits per heavy atom. The first-order valence-corrected chi connectivity index (χ1v) is 6.43. The Kier molecular flexibility index (Phi) is 3.70. The van der Waals surface area contributed by atoms with Crippen molar-refractivity contribution in [2.75, 3.05) is 17.2 Å². The first kappa shape index (κ1) is 11.3. The van der Waals surface area contributed by atoms with Gasteiger partial charge in [0.05, 0.1) is 0 Å². The molecule has 2 rings (SSSR count). The maximum Gasteiger partial charge on any atom is 0.0370 e. The van der Waals surface area contributed by atoms with E-state index in [1.165, 1.54) is 44.3 Å². The maximum atomic E-state index is 5.74. The summed E-state index contributed by atoms with van der Waals surface area (Å²) in [5.41, 5.74) is 7.93. The molecule has 1 heterocycles. The van der Waals surface area contributed by atoms with Gasteiger partial charge in [-0.3, -0.25) is 0 Å². The lowest BCUT2D eigenvalue weighted by atomic mass is 10.1. The fourth-order valence-electron chi connectivity index (χ4n) is 2.61. The second-order valence-corrected chi connectivity index (χ2v) is 4.70. The Morgan fingerprint density at radius 2 is 1.94 bits per heavy atom. The van der Waals surface area contributed by atoms with Gasteiger partial charge in [0, 0.05) is 24.0 Å². The van der Waals surface area contributed by atoms with Gasteiger partial charge < -0.3 is 10.6 Å². The average Bonchev–Trinajstić information content (AvgIpc) is 2.55. The third-order valence-electron chi connectivity index (χ3n) is 3.57. The summed E-state index contributed by atoms with van der Waals surface area (Å²) in [6.07, 6.45) is 6.65. The van der Waals surface area contributed by atoms with Crippen LogP contribution in [0.5, 0.6) is 0 Å². The number of anilines is 2. The average molecular weight is 218 g/mol. The zero-order valence-corrected chi connectivity index (χ0v) is 10.2. The van der Waals surface area contributed by atoms with Crippen LogP contribution in [0.15, 0.2) is 24.3 Å². The fraction of sp³-hybridized carbons (Fsp3) is 0.571. The molecule has 0 aromatic heterocycles. The normalized spacial score (nSPS) is 21.8. The van der Waals surface area contributed by atoms with Crippen LogP contribution in [0.1, 0.15) is 39.0 Å². The van der Waals surface area contributed by atoms with Gasteiger partial charge in [-0.1, -0.05) is 19.8 Å². The first-order chi connectivity index (χ1) is 7.81. The molecule has 0 aliphatic carbocycles. The van der Waals surface area contributed by atoms with E-state index in [1.54, 1.807) is 0 Å². The van der Waals surface area contributed by atoms with E-state index in [1.807, 2.05) is 12.1 Å². The minimum absolute atomic E-state index is 0.714. The van der Waals surface area contributed by atoms with Gasteiger partial charge >= 0.3 is 0 Å². The van der Waals surface area contributed by atoms with E-state index in [-0.39, 0.29) is 0 Å². The predicted molar refractivity (Wildman–Crippen MR) is 70.7 cm³/mol. The van der Waals surface area contributed by atoms with Crippen molar-refractivity contribution in [2.45, 2.75) is 45.1 Å². The molecule has 1 unspecified atom stereocenters. The highest BCUT2D eigenvalue weighted by Gasteiger charge is 2.19. The van der Waals surface area contributed by atoms with Crippen molar-refractivity contribution >= 4 is 11.4 Å². The Balaban J connectivity index is 2.18. The van der Waals surface area contributed by atoms with Crippen LogP contribution in [-0.2, 0) is 0 Å². The summed E-state index contributed by atoms with van der Waals surface area (Å²) in [6, 6.07) is 9.04. The number of nitrogens with two attached hydrogens (primary N) is 1. The minimum atomic E-state index is 0.714. The second-order valence-electron chi connectivity index (χ2n) is 4.70. The maximum absolute atomic E-state index is 5.74. The molecule has 16 heavy (non-hydrogen) atoms. The van der Waals surface area contributed by atoms with Gasteiger partial charge in [0.15, 0.2) is 0 Å². The first-order valence-electron chi connectivity index (χ1n) is 6.43. The molecule has 2 N–H and O–H groups in total. The van der Waals surface area contributed by atoms with Crippen LogP contribution in [0.3, 0.4) is 0 Å². The number of nitrogen functional groups attached to an aromatic ring is 1. The standard InChI is InChI=1S/C14H22N2/c1-2-13-6-4-3-5-11-16(13)14-9-7-12(15)8-10-14/h7-10,13H,2-6,11,15H2,1H3. The summed E-state index contributed by atoms with van der Waals surface area (Å²) in [5, 5.41) is 0. The number of hydrogen-bond acceptors (Lipinski definition) is 2. The fourth-order valence-corrected chi connectivity index (χ4v) is 2.61. The van der Waals surface area contributed by atoms with Gasteiger partial charge in [0.2, 0.25) is 0 Å². The Labute approximate surface area is 98.4 Å². The quantitative estimate of drug-likeness (QED) is 0.771. The molecule has 0 radical (unpaired) electrons. The van der Waals surface area contributed by atoms with Gasteiger partial charge in [-0.25, -0.2) is 0 Å². The lowest BCUT2D eigenvalue weighted by Gasteiger charge is -2.31. The Morgan fingerprint density at radius 1 is 1.19 bits per heavy atom. The van der Waals surface area contributed by atoms with E-state index in [0.717, 1.165) is 5.69 Å². The van der Waals surface area contributed by atoms with Gasteiger partial charge in [-0.15, -0.1) is 0 Å². The van der Waals surface area contributed by atoms with Crippen molar-refractivity contribution in [1.29, 1.82) is 0 Å². The molecule has 1 aliphatic heterocycles. The zero-order valence-electron chi connectivity index (χ0n) is 10.2. The molecule has 0 saturated carbocycles. The summed E-state index contributed by atoms with van der Waals surface area (Å²) in [7, 11) is 0. The van der Waals surface area contributed by atoms with Crippen LogP contribution in [0, 0.1) is 0 Å². The molecule has 0 amide bonds. The monoisotopic (exact) mass is 218 g/mol. The second kappa shape index (κ2) is 5.24. The molecule has 1 aliphatic rings. The highest BCUT2D eigenvalue weighted by atomic mass is 15.2. The summed E-state index contributed by atoms with van der Waals surface area (Å²) >= 11 is 0. The van der Waals surface area contributed by atoms with E-state index in [4.69, 9.17) is 5.73 Å². The lowest BCUT2D eigenvalue weighted by Crippen LogP contribution is -2.34. The van der Waals surface area contributed by atoms with E-state index in [2.05, 4.69) is 24.0 Å². The van der Waals surface area contributed by atoms with Crippen molar-refractivity contribution < 1.29 is 0 Å². The molecule has 88 valence electrons.